The molecule has 0 saturated heterocycles. The van der Waals surface area contributed by atoms with Crippen LogP contribution in [0.5, 0.6) is 5.75 Å². The maximum atomic E-state index is 12.1. The number of carbonyl (C=O) groups excluding carboxylic acids is 2. The highest BCUT2D eigenvalue weighted by Crippen LogP contribution is 2.23. The minimum absolute atomic E-state index is 0.0289. The second-order valence-corrected chi connectivity index (χ2v) is 7.74. The van der Waals surface area contributed by atoms with Crippen LogP contribution in [0.2, 0.25) is 0 Å². The second-order valence-electron chi connectivity index (χ2n) is 7.74. The van der Waals surface area contributed by atoms with Crippen LogP contribution in [0.1, 0.15) is 45.7 Å². The molecule has 0 spiro atoms. The molecule has 0 heterocycles. The second kappa shape index (κ2) is 8.71. The lowest BCUT2D eigenvalue weighted by Gasteiger charge is -2.19. The zero-order valence-electron chi connectivity index (χ0n) is 16.6. The molecule has 0 fully saturated rings. The minimum Gasteiger partial charge on any atom is -0.491 e. The standard InChI is InChI=1S/C22H28N2O3/c1-15(2)27-19-9-7-6-8-16(19)14-23-20(25)21(26)24-18-12-10-17(11-13-18)22(3,4)5/h6-13,15H,14H2,1-5H3,(H,23,25)(H,24,26). The van der Waals surface area contributed by atoms with Gasteiger partial charge in [-0.15, -0.1) is 0 Å². The summed E-state index contributed by atoms with van der Waals surface area (Å²) >= 11 is 0. The number of rotatable bonds is 5. The molecule has 2 aromatic rings. The summed E-state index contributed by atoms with van der Waals surface area (Å²) in [6.07, 6.45) is 0.0289. The van der Waals surface area contributed by atoms with E-state index in [2.05, 4.69) is 31.4 Å². The molecule has 2 rings (SSSR count). The number of benzene rings is 2. The Kier molecular flexibility index (Phi) is 6.61. The Morgan fingerprint density at radius 3 is 2.19 bits per heavy atom. The Hall–Kier alpha value is -2.82. The number of anilines is 1. The molecule has 0 atom stereocenters. The van der Waals surface area contributed by atoms with E-state index in [4.69, 9.17) is 4.74 Å². The highest BCUT2D eigenvalue weighted by atomic mass is 16.5. The molecule has 0 bridgehead atoms. The van der Waals surface area contributed by atoms with E-state index in [9.17, 15) is 9.59 Å². The van der Waals surface area contributed by atoms with E-state index in [0.29, 0.717) is 11.4 Å². The third-order valence-electron chi connectivity index (χ3n) is 3.99. The molecule has 2 aromatic carbocycles. The summed E-state index contributed by atoms with van der Waals surface area (Å²) < 4.78 is 5.72. The Morgan fingerprint density at radius 2 is 1.59 bits per heavy atom. The normalized spacial score (nSPS) is 11.2. The zero-order chi connectivity index (χ0) is 20.0. The molecule has 0 radical (unpaired) electrons. The van der Waals surface area contributed by atoms with Crippen LogP contribution < -0.4 is 15.4 Å². The highest BCUT2D eigenvalue weighted by Gasteiger charge is 2.16. The van der Waals surface area contributed by atoms with E-state index >= 15 is 0 Å². The summed E-state index contributed by atoms with van der Waals surface area (Å²) in [5, 5.41) is 5.26. The molecule has 0 saturated carbocycles. The van der Waals surface area contributed by atoms with Crippen LogP contribution in [-0.2, 0) is 21.5 Å². The molecule has 2 amide bonds. The van der Waals surface area contributed by atoms with Crippen LogP contribution in [0.25, 0.3) is 0 Å². The fourth-order valence-electron chi connectivity index (χ4n) is 2.52. The molecule has 0 aliphatic rings. The third-order valence-corrected chi connectivity index (χ3v) is 3.99. The van der Waals surface area contributed by atoms with Gasteiger partial charge in [0.05, 0.1) is 6.10 Å². The monoisotopic (exact) mass is 368 g/mol. The first-order valence-corrected chi connectivity index (χ1v) is 9.11. The molecule has 0 aliphatic heterocycles. The van der Waals surface area contributed by atoms with Crippen LogP contribution in [-0.4, -0.2) is 17.9 Å². The first-order valence-electron chi connectivity index (χ1n) is 9.11. The molecular formula is C22H28N2O3. The summed E-state index contributed by atoms with van der Waals surface area (Å²) in [7, 11) is 0. The number of para-hydroxylation sites is 1. The van der Waals surface area contributed by atoms with Gasteiger partial charge in [-0.25, -0.2) is 0 Å². The fourth-order valence-corrected chi connectivity index (χ4v) is 2.52. The fraction of sp³-hybridized carbons (Fsp3) is 0.364. The van der Waals surface area contributed by atoms with Gasteiger partial charge in [-0.05, 0) is 43.0 Å². The smallest absolute Gasteiger partial charge is 0.313 e. The van der Waals surface area contributed by atoms with Gasteiger partial charge >= 0.3 is 11.8 Å². The lowest BCUT2D eigenvalue weighted by molar-refractivity contribution is -0.136. The molecule has 0 unspecified atom stereocenters. The van der Waals surface area contributed by atoms with Crippen molar-refractivity contribution >= 4 is 17.5 Å². The van der Waals surface area contributed by atoms with Gasteiger partial charge in [-0.1, -0.05) is 51.1 Å². The molecule has 27 heavy (non-hydrogen) atoms. The van der Waals surface area contributed by atoms with Crippen LogP contribution in [0, 0.1) is 0 Å². The van der Waals surface area contributed by atoms with Gasteiger partial charge in [0.25, 0.3) is 0 Å². The Bertz CT molecular complexity index is 790. The molecule has 5 heteroatoms. The number of nitrogens with one attached hydrogen (secondary N) is 2. The van der Waals surface area contributed by atoms with Crippen LogP contribution >= 0.6 is 0 Å². The van der Waals surface area contributed by atoms with Crippen LogP contribution in [0.15, 0.2) is 48.5 Å². The van der Waals surface area contributed by atoms with Gasteiger partial charge in [0.2, 0.25) is 0 Å². The molecule has 5 nitrogen and oxygen atoms in total. The van der Waals surface area contributed by atoms with Crippen molar-refractivity contribution in [3.8, 4) is 5.75 Å². The summed E-state index contributed by atoms with van der Waals surface area (Å²) in [4.78, 5) is 24.2. The molecular weight excluding hydrogens is 340 g/mol. The molecule has 0 aliphatic carbocycles. The SMILES string of the molecule is CC(C)Oc1ccccc1CNC(=O)C(=O)Nc1ccc(C(C)(C)C)cc1. The van der Waals surface area contributed by atoms with Gasteiger partial charge < -0.3 is 15.4 Å². The van der Waals surface area contributed by atoms with Crippen molar-refractivity contribution in [2.45, 2.75) is 52.7 Å². The number of hydrogen-bond acceptors (Lipinski definition) is 3. The summed E-state index contributed by atoms with van der Waals surface area (Å²) in [6, 6.07) is 15.0. The van der Waals surface area contributed by atoms with Crippen molar-refractivity contribution in [3.05, 3.63) is 59.7 Å². The first kappa shape index (κ1) is 20.5. The van der Waals surface area contributed by atoms with E-state index in [1.807, 2.05) is 50.2 Å². The minimum atomic E-state index is -0.694. The highest BCUT2D eigenvalue weighted by molar-refractivity contribution is 6.39. The first-order chi connectivity index (χ1) is 12.7. The number of amides is 2. The zero-order valence-corrected chi connectivity index (χ0v) is 16.6. The predicted octanol–water partition coefficient (Wildman–Crippen LogP) is 4.03. The average molecular weight is 368 g/mol. The van der Waals surface area contributed by atoms with E-state index in [1.165, 1.54) is 0 Å². The predicted molar refractivity (Wildman–Crippen MR) is 108 cm³/mol. The van der Waals surface area contributed by atoms with E-state index < -0.39 is 11.8 Å². The Morgan fingerprint density at radius 1 is 0.963 bits per heavy atom. The maximum absolute atomic E-state index is 12.1. The lowest BCUT2D eigenvalue weighted by Crippen LogP contribution is -2.35. The Labute approximate surface area is 161 Å². The average Bonchev–Trinajstić information content (AvgIpc) is 2.60. The third kappa shape index (κ3) is 6.13. The van der Waals surface area contributed by atoms with E-state index in [0.717, 1.165) is 11.1 Å². The summed E-state index contributed by atoms with van der Waals surface area (Å²) in [5.74, 6) is -0.680. The van der Waals surface area contributed by atoms with E-state index in [1.54, 1.807) is 12.1 Å². The van der Waals surface area contributed by atoms with Gasteiger partial charge in [0.15, 0.2) is 0 Å². The largest absolute Gasteiger partial charge is 0.491 e. The summed E-state index contributed by atoms with van der Waals surface area (Å²) in [5.41, 5.74) is 2.60. The van der Waals surface area contributed by atoms with Crippen LogP contribution in [0.3, 0.4) is 0 Å². The van der Waals surface area contributed by atoms with Gasteiger partial charge in [0.1, 0.15) is 5.75 Å². The number of ether oxygens (including phenoxy) is 1. The van der Waals surface area contributed by atoms with Crippen molar-refractivity contribution in [2.75, 3.05) is 5.32 Å². The number of carbonyl (C=O) groups is 2. The summed E-state index contributed by atoms with van der Waals surface area (Å²) in [6.45, 7) is 10.5. The van der Waals surface area contributed by atoms with Gasteiger partial charge in [0, 0.05) is 17.8 Å². The lowest BCUT2D eigenvalue weighted by atomic mass is 9.87. The number of hydrogen-bond donors (Lipinski definition) is 2. The van der Waals surface area contributed by atoms with Gasteiger partial charge in [-0.2, -0.15) is 0 Å². The molecule has 2 N–H and O–H groups in total. The van der Waals surface area contributed by atoms with Crippen molar-refractivity contribution in [3.63, 3.8) is 0 Å². The van der Waals surface area contributed by atoms with Crippen molar-refractivity contribution in [1.82, 2.24) is 5.32 Å². The molecule has 0 aromatic heterocycles. The van der Waals surface area contributed by atoms with Crippen molar-refractivity contribution < 1.29 is 14.3 Å². The Balaban J connectivity index is 1.94. The van der Waals surface area contributed by atoms with Crippen molar-refractivity contribution in [2.24, 2.45) is 0 Å². The van der Waals surface area contributed by atoms with Crippen molar-refractivity contribution in [1.29, 1.82) is 0 Å². The quantitative estimate of drug-likeness (QED) is 0.783. The van der Waals surface area contributed by atoms with E-state index in [-0.39, 0.29) is 18.1 Å². The maximum Gasteiger partial charge on any atom is 0.313 e. The van der Waals surface area contributed by atoms with Gasteiger partial charge in [-0.3, -0.25) is 9.59 Å². The van der Waals surface area contributed by atoms with Crippen LogP contribution in [0.4, 0.5) is 5.69 Å². The topological polar surface area (TPSA) is 67.4 Å². The molecule has 144 valence electrons.